The second-order valence-corrected chi connectivity index (χ2v) is 6.62. The maximum absolute atomic E-state index is 11.9. The highest BCUT2D eigenvalue weighted by molar-refractivity contribution is 9.10. The number of carbonyl (C=O) groups is 1. The van der Waals surface area contributed by atoms with Gasteiger partial charge in [0, 0.05) is 4.47 Å². The average molecular weight is 378 g/mol. The fourth-order valence-corrected chi connectivity index (χ4v) is 3.24. The first-order valence-corrected chi connectivity index (χ1v) is 8.07. The summed E-state index contributed by atoms with van der Waals surface area (Å²) in [5.74, 6) is 0.394. The second kappa shape index (κ2) is 7.45. The van der Waals surface area contributed by atoms with Gasteiger partial charge in [0.2, 0.25) is 0 Å². The Balaban J connectivity index is 1.84. The quantitative estimate of drug-likeness (QED) is 0.810. The van der Waals surface area contributed by atoms with E-state index in [0.29, 0.717) is 10.8 Å². The van der Waals surface area contributed by atoms with Crippen molar-refractivity contribution in [3.63, 3.8) is 0 Å². The second-order valence-electron chi connectivity index (χ2n) is 5.30. The molecule has 1 saturated heterocycles. The first-order chi connectivity index (χ1) is 9.95. The zero-order valence-corrected chi connectivity index (χ0v) is 14.6. The summed E-state index contributed by atoms with van der Waals surface area (Å²) in [6.07, 6.45) is 0. The highest BCUT2D eigenvalue weighted by Gasteiger charge is 2.18. The van der Waals surface area contributed by atoms with Crippen LogP contribution in [0.15, 0.2) is 16.6 Å². The molecule has 0 spiro atoms. The van der Waals surface area contributed by atoms with E-state index in [1.807, 2.05) is 18.0 Å². The molecule has 1 aromatic rings. The van der Waals surface area contributed by atoms with Gasteiger partial charge in [0.05, 0.1) is 38.2 Å². The van der Waals surface area contributed by atoms with Gasteiger partial charge in [0.15, 0.2) is 6.61 Å². The Bertz CT molecular complexity index is 496. The molecule has 1 amide bonds. The number of ether oxygens (including phenoxy) is 1. The van der Waals surface area contributed by atoms with Gasteiger partial charge in [-0.3, -0.25) is 10.2 Å². The Morgan fingerprint density at radius 1 is 1.48 bits per heavy atom. The average Bonchev–Trinajstić information content (AvgIpc) is 2.40. The van der Waals surface area contributed by atoms with Crippen LogP contribution in [0.2, 0.25) is 5.02 Å². The molecule has 0 aromatic heterocycles. The lowest BCUT2D eigenvalue weighted by atomic mass is 10.2. The number of piperazine rings is 1. The molecular formula is C14H20BrClN3O2+. The molecule has 5 nitrogen and oxygen atoms in total. The maximum Gasteiger partial charge on any atom is 0.272 e. The zero-order chi connectivity index (χ0) is 15.4. The number of likely N-dealkylation sites (N-methyl/N-ethyl adjacent to an activating group) is 1. The van der Waals surface area contributed by atoms with Crippen molar-refractivity contribution in [3.8, 4) is 5.75 Å². The monoisotopic (exact) mass is 376 g/mol. The largest absolute Gasteiger partial charge is 0.482 e. The minimum atomic E-state index is -0.159. The summed E-state index contributed by atoms with van der Waals surface area (Å²) in [4.78, 5) is 13.4. The van der Waals surface area contributed by atoms with E-state index >= 15 is 0 Å². The van der Waals surface area contributed by atoms with Crippen molar-refractivity contribution in [3.05, 3.63) is 27.2 Å². The van der Waals surface area contributed by atoms with Crippen molar-refractivity contribution in [1.82, 2.24) is 10.4 Å². The van der Waals surface area contributed by atoms with Crippen LogP contribution in [-0.2, 0) is 4.79 Å². The van der Waals surface area contributed by atoms with Gasteiger partial charge in [-0.15, -0.1) is 0 Å². The molecule has 116 valence electrons. The predicted octanol–water partition coefficient (Wildman–Crippen LogP) is 0.651. The summed E-state index contributed by atoms with van der Waals surface area (Å²) in [6.45, 7) is 5.62. The van der Waals surface area contributed by atoms with Gasteiger partial charge in [-0.2, -0.15) is 0 Å². The molecule has 2 rings (SSSR count). The van der Waals surface area contributed by atoms with E-state index in [4.69, 9.17) is 16.3 Å². The number of hydrogen-bond donors (Lipinski definition) is 2. The van der Waals surface area contributed by atoms with E-state index in [-0.39, 0.29) is 12.5 Å². The minimum absolute atomic E-state index is 0.0403. The molecule has 0 atom stereocenters. The van der Waals surface area contributed by atoms with Gasteiger partial charge in [-0.25, -0.2) is 5.01 Å². The molecule has 0 saturated carbocycles. The van der Waals surface area contributed by atoms with Crippen molar-refractivity contribution in [1.29, 1.82) is 0 Å². The van der Waals surface area contributed by atoms with Gasteiger partial charge in [0.25, 0.3) is 5.91 Å². The first kappa shape index (κ1) is 16.5. The fourth-order valence-electron chi connectivity index (χ4n) is 2.22. The van der Waals surface area contributed by atoms with Crippen LogP contribution in [-0.4, -0.2) is 50.7 Å². The van der Waals surface area contributed by atoms with Crippen LogP contribution in [0.4, 0.5) is 0 Å². The predicted molar refractivity (Wildman–Crippen MR) is 85.7 cm³/mol. The number of nitrogens with one attached hydrogen (secondary N) is 2. The molecule has 0 radical (unpaired) electrons. The van der Waals surface area contributed by atoms with E-state index in [2.05, 4.69) is 28.4 Å². The molecule has 2 N–H and O–H groups in total. The summed E-state index contributed by atoms with van der Waals surface area (Å²) in [5, 5.41) is 2.44. The highest BCUT2D eigenvalue weighted by atomic mass is 79.9. The minimum Gasteiger partial charge on any atom is -0.482 e. The van der Waals surface area contributed by atoms with E-state index in [1.165, 1.54) is 4.90 Å². The van der Waals surface area contributed by atoms with Crippen LogP contribution in [0.1, 0.15) is 5.56 Å². The molecule has 1 heterocycles. The Labute approximate surface area is 138 Å². The van der Waals surface area contributed by atoms with Crippen molar-refractivity contribution in [2.75, 3.05) is 39.8 Å². The number of carbonyl (C=O) groups excluding carboxylic acids is 1. The molecule has 7 heteroatoms. The summed E-state index contributed by atoms with van der Waals surface area (Å²) in [5.41, 5.74) is 3.76. The number of rotatable bonds is 4. The molecule has 21 heavy (non-hydrogen) atoms. The molecule has 1 fully saturated rings. The molecule has 0 bridgehead atoms. The molecule has 1 aromatic carbocycles. The third kappa shape index (κ3) is 4.85. The summed E-state index contributed by atoms with van der Waals surface area (Å²) in [7, 11) is 2.15. The lowest BCUT2D eigenvalue weighted by Crippen LogP contribution is -3.12. The van der Waals surface area contributed by atoms with Crippen molar-refractivity contribution in [2.45, 2.75) is 6.92 Å². The van der Waals surface area contributed by atoms with Gasteiger partial charge in [-0.1, -0.05) is 27.5 Å². The molecule has 0 unspecified atom stereocenters. The van der Waals surface area contributed by atoms with Crippen LogP contribution >= 0.6 is 27.5 Å². The Hall–Kier alpha value is -0.820. The molecular weight excluding hydrogens is 358 g/mol. The number of halogens is 2. The number of hydrogen-bond acceptors (Lipinski definition) is 3. The number of benzene rings is 1. The van der Waals surface area contributed by atoms with Crippen LogP contribution in [0.25, 0.3) is 0 Å². The van der Waals surface area contributed by atoms with Crippen LogP contribution < -0.4 is 15.1 Å². The summed E-state index contributed by atoms with van der Waals surface area (Å²) < 4.78 is 6.44. The van der Waals surface area contributed by atoms with Crippen LogP contribution in [0, 0.1) is 6.92 Å². The van der Waals surface area contributed by atoms with Gasteiger partial charge < -0.3 is 9.64 Å². The Morgan fingerprint density at radius 3 is 2.76 bits per heavy atom. The number of amides is 1. The SMILES string of the molecule is Cc1cc(Br)cc(Cl)c1OCC(=O)NN1CC[NH+](C)CC1. The number of hydrazine groups is 1. The number of aryl methyl sites for hydroxylation is 1. The van der Waals surface area contributed by atoms with E-state index < -0.39 is 0 Å². The van der Waals surface area contributed by atoms with E-state index in [1.54, 1.807) is 6.07 Å². The standard InChI is InChI=1S/C14H19BrClN3O2/c1-10-7-11(15)8-12(16)14(10)21-9-13(20)17-19-5-3-18(2)4-6-19/h7-8H,3-6,9H2,1-2H3,(H,17,20)/p+1. The van der Waals surface area contributed by atoms with Crippen molar-refractivity contribution < 1.29 is 14.4 Å². The van der Waals surface area contributed by atoms with Crippen LogP contribution in [0.5, 0.6) is 5.75 Å². The molecule has 0 aliphatic carbocycles. The third-order valence-electron chi connectivity index (χ3n) is 3.44. The fraction of sp³-hybridized carbons (Fsp3) is 0.500. The number of nitrogens with zero attached hydrogens (tertiary/aromatic N) is 1. The normalized spacial score (nSPS) is 16.8. The molecule has 1 aliphatic heterocycles. The van der Waals surface area contributed by atoms with Gasteiger partial charge in [-0.05, 0) is 24.6 Å². The molecule has 1 aliphatic rings. The van der Waals surface area contributed by atoms with Crippen molar-refractivity contribution in [2.24, 2.45) is 0 Å². The highest BCUT2D eigenvalue weighted by Crippen LogP contribution is 2.31. The Morgan fingerprint density at radius 2 is 2.14 bits per heavy atom. The van der Waals surface area contributed by atoms with E-state index in [0.717, 1.165) is 36.2 Å². The lowest BCUT2D eigenvalue weighted by molar-refractivity contribution is -0.884. The zero-order valence-electron chi connectivity index (χ0n) is 12.2. The van der Waals surface area contributed by atoms with Gasteiger partial charge in [0.1, 0.15) is 5.75 Å². The lowest BCUT2D eigenvalue weighted by Gasteiger charge is -2.30. The van der Waals surface area contributed by atoms with Crippen LogP contribution in [0.3, 0.4) is 0 Å². The topological polar surface area (TPSA) is 46.0 Å². The Kier molecular flexibility index (Phi) is 5.87. The first-order valence-electron chi connectivity index (χ1n) is 6.90. The van der Waals surface area contributed by atoms with E-state index in [9.17, 15) is 4.79 Å². The third-order valence-corrected chi connectivity index (χ3v) is 4.18. The smallest absolute Gasteiger partial charge is 0.272 e. The van der Waals surface area contributed by atoms with Crippen molar-refractivity contribution >= 4 is 33.4 Å². The summed E-state index contributed by atoms with van der Waals surface area (Å²) in [6, 6.07) is 3.66. The summed E-state index contributed by atoms with van der Waals surface area (Å²) >= 11 is 9.50. The maximum atomic E-state index is 11.9. The van der Waals surface area contributed by atoms with Gasteiger partial charge >= 0.3 is 0 Å². The number of quaternary nitrogens is 1.